The maximum absolute atomic E-state index is 13.1. The predicted octanol–water partition coefficient (Wildman–Crippen LogP) is 1.60. The van der Waals surface area contributed by atoms with Gasteiger partial charge in [0.05, 0.1) is 0 Å². The van der Waals surface area contributed by atoms with Crippen LogP contribution in [0.1, 0.15) is 17.3 Å². The van der Waals surface area contributed by atoms with E-state index in [-0.39, 0.29) is 11.7 Å². The van der Waals surface area contributed by atoms with E-state index in [0.29, 0.717) is 24.7 Å². The first kappa shape index (κ1) is 12.0. The third-order valence-electron chi connectivity index (χ3n) is 3.32. The van der Waals surface area contributed by atoms with Crippen LogP contribution in [0.3, 0.4) is 0 Å². The van der Waals surface area contributed by atoms with E-state index in [0.717, 1.165) is 6.54 Å². The van der Waals surface area contributed by atoms with Crippen molar-refractivity contribution in [1.82, 2.24) is 9.80 Å². The number of hydrogen-bond acceptors (Lipinski definition) is 2. The van der Waals surface area contributed by atoms with Crippen LogP contribution in [0.5, 0.6) is 0 Å². The van der Waals surface area contributed by atoms with Gasteiger partial charge in [0.2, 0.25) is 0 Å². The van der Waals surface area contributed by atoms with Crippen molar-refractivity contribution in [1.29, 1.82) is 0 Å². The van der Waals surface area contributed by atoms with Gasteiger partial charge in [0.15, 0.2) is 0 Å². The summed E-state index contributed by atoms with van der Waals surface area (Å²) in [6, 6.07) is 6.23. The van der Waals surface area contributed by atoms with Crippen molar-refractivity contribution in [3.8, 4) is 0 Å². The molecule has 0 N–H and O–H groups in total. The largest absolute Gasteiger partial charge is 0.336 e. The Balaban J connectivity index is 2.10. The Labute approximate surface area is 101 Å². The molecule has 1 aromatic carbocycles. The van der Waals surface area contributed by atoms with Crippen molar-refractivity contribution in [3.05, 3.63) is 35.6 Å². The van der Waals surface area contributed by atoms with Gasteiger partial charge in [-0.3, -0.25) is 4.79 Å². The highest BCUT2D eigenvalue weighted by molar-refractivity contribution is 5.94. The lowest BCUT2D eigenvalue weighted by molar-refractivity contribution is 0.0572. The van der Waals surface area contributed by atoms with Crippen molar-refractivity contribution < 1.29 is 9.18 Å². The van der Waals surface area contributed by atoms with Gasteiger partial charge >= 0.3 is 0 Å². The predicted molar refractivity (Wildman–Crippen MR) is 64.4 cm³/mol. The van der Waals surface area contributed by atoms with Gasteiger partial charge in [-0.15, -0.1) is 0 Å². The van der Waals surface area contributed by atoms with E-state index >= 15 is 0 Å². The van der Waals surface area contributed by atoms with Crippen LogP contribution in [0.15, 0.2) is 24.3 Å². The highest BCUT2D eigenvalue weighted by Gasteiger charge is 2.25. The molecule has 1 heterocycles. The number of hydrogen-bond donors (Lipinski definition) is 0. The molecule has 0 bridgehead atoms. The Kier molecular flexibility index (Phi) is 3.43. The summed E-state index contributed by atoms with van der Waals surface area (Å²) in [5, 5.41) is 0. The van der Waals surface area contributed by atoms with Crippen molar-refractivity contribution in [3.63, 3.8) is 0 Å². The molecule has 2 rings (SSSR count). The van der Waals surface area contributed by atoms with E-state index in [1.165, 1.54) is 12.1 Å². The van der Waals surface area contributed by atoms with E-state index < -0.39 is 0 Å². The van der Waals surface area contributed by atoms with Crippen LogP contribution in [0.2, 0.25) is 0 Å². The second kappa shape index (κ2) is 4.84. The maximum Gasteiger partial charge on any atom is 0.254 e. The molecule has 17 heavy (non-hydrogen) atoms. The number of likely N-dealkylation sites (N-methyl/N-ethyl adjacent to an activating group) is 1. The average molecular weight is 236 g/mol. The number of carbonyl (C=O) groups excluding carboxylic acids is 1. The Morgan fingerprint density at radius 3 is 2.82 bits per heavy atom. The quantitative estimate of drug-likeness (QED) is 0.739. The van der Waals surface area contributed by atoms with E-state index in [2.05, 4.69) is 18.9 Å². The molecule has 3 nitrogen and oxygen atoms in total. The third kappa shape index (κ3) is 2.64. The van der Waals surface area contributed by atoms with Crippen LogP contribution in [0.25, 0.3) is 0 Å². The van der Waals surface area contributed by atoms with Gasteiger partial charge in [-0.2, -0.15) is 0 Å². The standard InChI is InChI=1S/C13H17FN2O/c1-10-9-16(7-6-15(10)2)13(17)11-4-3-5-12(14)8-11/h3-5,8,10H,6-7,9H2,1-2H3. The summed E-state index contributed by atoms with van der Waals surface area (Å²) in [4.78, 5) is 16.2. The normalized spacial score (nSPS) is 21.6. The Bertz CT molecular complexity index is 422. The molecule has 1 aliphatic rings. The fourth-order valence-electron chi connectivity index (χ4n) is 2.04. The summed E-state index contributed by atoms with van der Waals surface area (Å²) >= 11 is 0. The van der Waals surface area contributed by atoms with Crippen LogP contribution in [0.4, 0.5) is 4.39 Å². The zero-order chi connectivity index (χ0) is 12.4. The van der Waals surface area contributed by atoms with Gasteiger partial charge in [-0.05, 0) is 32.2 Å². The fourth-order valence-corrected chi connectivity index (χ4v) is 2.04. The highest BCUT2D eigenvalue weighted by Crippen LogP contribution is 2.12. The molecule has 0 aromatic heterocycles. The zero-order valence-corrected chi connectivity index (χ0v) is 10.2. The number of carbonyl (C=O) groups is 1. The third-order valence-corrected chi connectivity index (χ3v) is 3.32. The van der Waals surface area contributed by atoms with Crippen LogP contribution in [-0.4, -0.2) is 48.4 Å². The summed E-state index contributed by atoms with van der Waals surface area (Å²) < 4.78 is 13.1. The van der Waals surface area contributed by atoms with Gasteiger partial charge in [-0.1, -0.05) is 6.07 Å². The molecular weight excluding hydrogens is 219 g/mol. The smallest absolute Gasteiger partial charge is 0.254 e. The number of nitrogens with zero attached hydrogens (tertiary/aromatic N) is 2. The second-order valence-corrected chi connectivity index (χ2v) is 4.59. The van der Waals surface area contributed by atoms with Gasteiger partial charge in [0.25, 0.3) is 5.91 Å². The van der Waals surface area contributed by atoms with Crippen LogP contribution >= 0.6 is 0 Å². The van der Waals surface area contributed by atoms with E-state index in [9.17, 15) is 9.18 Å². The molecule has 0 aliphatic carbocycles. The van der Waals surface area contributed by atoms with E-state index in [4.69, 9.17) is 0 Å². The van der Waals surface area contributed by atoms with Crippen LogP contribution < -0.4 is 0 Å². The first-order chi connectivity index (χ1) is 8.08. The summed E-state index contributed by atoms with van der Waals surface area (Å²) in [6.07, 6.45) is 0. The van der Waals surface area contributed by atoms with Gasteiger partial charge in [0.1, 0.15) is 5.82 Å². The summed E-state index contributed by atoms with van der Waals surface area (Å²) in [6.45, 7) is 4.36. The second-order valence-electron chi connectivity index (χ2n) is 4.59. The summed E-state index contributed by atoms with van der Waals surface area (Å²) in [7, 11) is 2.05. The number of halogens is 1. The molecule has 1 aliphatic heterocycles. The molecule has 1 unspecified atom stereocenters. The van der Waals surface area contributed by atoms with Gasteiger partial charge in [-0.25, -0.2) is 4.39 Å². The molecule has 92 valence electrons. The highest BCUT2D eigenvalue weighted by atomic mass is 19.1. The molecule has 1 amide bonds. The first-order valence-electron chi connectivity index (χ1n) is 5.83. The molecule has 1 saturated heterocycles. The molecule has 1 atom stereocenters. The topological polar surface area (TPSA) is 23.6 Å². The molecule has 1 fully saturated rings. The van der Waals surface area contributed by atoms with Crippen LogP contribution in [0, 0.1) is 5.82 Å². The minimum Gasteiger partial charge on any atom is -0.336 e. The molecule has 0 spiro atoms. The Hall–Kier alpha value is -1.42. The van der Waals surface area contributed by atoms with Crippen molar-refractivity contribution in [2.75, 3.05) is 26.7 Å². The monoisotopic (exact) mass is 236 g/mol. The SMILES string of the molecule is CC1CN(C(=O)c2cccc(F)c2)CCN1C. The van der Waals surface area contributed by atoms with Crippen LogP contribution in [-0.2, 0) is 0 Å². The molecule has 1 aromatic rings. The molecule has 0 saturated carbocycles. The maximum atomic E-state index is 13.1. The van der Waals surface area contributed by atoms with E-state index in [1.807, 2.05) is 0 Å². The summed E-state index contributed by atoms with van der Waals surface area (Å²) in [5.74, 6) is -0.442. The number of benzene rings is 1. The van der Waals surface area contributed by atoms with Crippen molar-refractivity contribution >= 4 is 5.91 Å². The molecular formula is C13H17FN2O. The van der Waals surface area contributed by atoms with Crippen molar-refractivity contribution in [2.24, 2.45) is 0 Å². The molecule has 4 heteroatoms. The van der Waals surface area contributed by atoms with Gasteiger partial charge < -0.3 is 9.80 Å². The lowest BCUT2D eigenvalue weighted by Crippen LogP contribution is -2.52. The number of rotatable bonds is 1. The Morgan fingerprint density at radius 2 is 2.18 bits per heavy atom. The average Bonchev–Trinajstić information content (AvgIpc) is 2.32. The lowest BCUT2D eigenvalue weighted by atomic mass is 10.1. The molecule has 0 radical (unpaired) electrons. The fraction of sp³-hybridized carbons (Fsp3) is 0.462. The van der Waals surface area contributed by atoms with Crippen molar-refractivity contribution in [2.45, 2.75) is 13.0 Å². The number of amides is 1. The first-order valence-corrected chi connectivity index (χ1v) is 5.83. The Morgan fingerprint density at radius 1 is 1.41 bits per heavy atom. The number of piperazine rings is 1. The minimum atomic E-state index is -0.363. The minimum absolute atomic E-state index is 0.0792. The summed E-state index contributed by atoms with van der Waals surface area (Å²) in [5.41, 5.74) is 0.432. The van der Waals surface area contributed by atoms with Gasteiger partial charge in [0, 0.05) is 31.2 Å². The lowest BCUT2D eigenvalue weighted by Gasteiger charge is -2.37. The zero-order valence-electron chi connectivity index (χ0n) is 10.2. The van der Waals surface area contributed by atoms with E-state index in [1.54, 1.807) is 17.0 Å².